The highest BCUT2D eigenvalue weighted by molar-refractivity contribution is 5.22. The Bertz CT molecular complexity index is 362. The average Bonchev–Trinajstić information content (AvgIpc) is 2.38. The smallest absolute Gasteiger partial charge is 0.159 e. The molecule has 18 heavy (non-hydrogen) atoms. The number of rotatable bonds is 7. The van der Waals surface area contributed by atoms with Crippen LogP contribution in [-0.4, -0.2) is 6.54 Å². The summed E-state index contributed by atoms with van der Waals surface area (Å²) >= 11 is 0. The molecule has 0 radical (unpaired) electrons. The Morgan fingerprint density at radius 2 is 1.72 bits per heavy atom. The summed E-state index contributed by atoms with van der Waals surface area (Å²) in [5.74, 6) is -1.10. The Kier molecular flexibility index (Phi) is 6.27. The van der Waals surface area contributed by atoms with E-state index >= 15 is 0 Å². The molecule has 1 aromatic carbocycles. The second-order valence-corrected chi connectivity index (χ2v) is 4.68. The first-order valence-electron chi connectivity index (χ1n) is 6.82. The summed E-state index contributed by atoms with van der Waals surface area (Å²) in [5.41, 5.74) is 0.844. The minimum atomic E-state index is -0.780. The van der Waals surface area contributed by atoms with Crippen LogP contribution in [0.15, 0.2) is 18.2 Å². The number of halogens is 2. The van der Waals surface area contributed by atoms with Crippen molar-refractivity contribution in [3.8, 4) is 0 Å². The fourth-order valence-corrected chi connectivity index (χ4v) is 2.32. The van der Waals surface area contributed by atoms with Crippen molar-refractivity contribution >= 4 is 0 Å². The average molecular weight is 255 g/mol. The van der Waals surface area contributed by atoms with Gasteiger partial charge in [0.2, 0.25) is 0 Å². The van der Waals surface area contributed by atoms with Crippen molar-refractivity contribution in [1.29, 1.82) is 0 Å². The zero-order valence-corrected chi connectivity index (χ0v) is 11.5. The number of nitrogens with one attached hydrogen (secondary N) is 1. The lowest BCUT2D eigenvalue weighted by Gasteiger charge is -2.27. The molecule has 0 saturated heterocycles. The first-order chi connectivity index (χ1) is 8.63. The lowest BCUT2D eigenvalue weighted by atomic mass is 9.88. The van der Waals surface area contributed by atoms with Crippen LogP contribution in [0, 0.1) is 17.6 Å². The largest absolute Gasteiger partial charge is 0.310 e. The molecule has 3 heteroatoms. The second kappa shape index (κ2) is 7.47. The highest BCUT2D eigenvalue weighted by Crippen LogP contribution is 2.28. The molecule has 0 fully saturated rings. The van der Waals surface area contributed by atoms with Crippen LogP contribution in [0.25, 0.3) is 0 Å². The van der Waals surface area contributed by atoms with Gasteiger partial charge in [0.05, 0.1) is 0 Å². The Balaban J connectivity index is 2.96. The maximum atomic E-state index is 13.3. The van der Waals surface area contributed by atoms with Crippen LogP contribution < -0.4 is 5.32 Å². The van der Waals surface area contributed by atoms with Crippen LogP contribution in [0.5, 0.6) is 0 Å². The third-order valence-electron chi connectivity index (χ3n) is 3.44. The van der Waals surface area contributed by atoms with Crippen LogP contribution >= 0.6 is 0 Å². The highest BCUT2D eigenvalue weighted by Gasteiger charge is 2.20. The zero-order chi connectivity index (χ0) is 13.5. The Labute approximate surface area is 109 Å². The van der Waals surface area contributed by atoms with Gasteiger partial charge in [0, 0.05) is 6.04 Å². The van der Waals surface area contributed by atoms with Crippen LogP contribution in [0.1, 0.15) is 51.6 Å². The Morgan fingerprint density at radius 1 is 1.06 bits per heavy atom. The lowest BCUT2D eigenvalue weighted by molar-refractivity contribution is 0.340. The summed E-state index contributed by atoms with van der Waals surface area (Å²) < 4.78 is 26.3. The Morgan fingerprint density at radius 3 is 2.22 bits per heavy atom. The molecule has 0 aliphatic rings. The molecule has 1 atom stereocenters. The molecular weight excluding hydrogens is 232 g/mol. The molecule has 1 N–H and O–H groups in total. The molecule has 1 rings (SSSR count). The van der Waals surface area contributed by atoms with Crippen LogP contribution in [-0.2, 0) is 0 Å². The third kappa shape index (κ3) is 3.77. The summed E-state index contributed by atoms with van der Waals surface area (Å²) in [6, 6.07) is 4.33. The van der Waals surface area contributed by atoms with E-state index in [4.69, 9.17) is 0 Å². The molecule has 1 aromatic rings. The van der Waals surface area contributed by atoms with Crippen LogP contribution in [0.3, 0.4) is 0 Å². The first kappa shape index (κ1) is 15.1. The molecule has 0 saturated carbocycles. The van der Waals surface area contributed by atoms with E-state index < -0.39 is 11.6 Å². The van der Waals surface area contributed by atoms with E-state index in [-0.39, 0.29) is 6.04 Å². The normalized spacial score (nSPS) is 13.0. The van der Waals surface area contributed by atoms with E-state index in [9.17, 15) is 8.78 Å². The summed E-state index contributed by atoms with van der Waals surface area (Å²) in [6.45, 7) is 7.26. The molecular formula is C15H23F2N. The highest BCUT2D eigenvalue weighted by atomic mass is 19.2. The van der Waals surface area contributed by atoms with Crippen LogP contribution in [0.2, 0.25) is 0 Å². The molecule has 1 nitrogen and oxygen atoms in total. The number of benzene rings is 1. The number of hydrogen-bond acceptors (Lipinski definition) is 1. The predicted octanol–water partition coefficient (Wildman–Crippen LogP) is 4.44. The van der Waals surface area contributed by atoms with Gasteiger partial charge in [-0.15, -0.1) is 0 Å². The van der Waals surface area contributed by atoms with E-state index in [1.165, 1.54) is 12.1 Å². The molecule has 0 heterocycles. The van der Waals surface area contributed by atoms with Crippen LogP contribution in [0.4, 0.5) is 8.78 Å². The monoisotopic (exact) mass is 255 g/mol. The van der Waals surface area contributed by atoms with E-state index in [0.29, 0.717) is 5.92 Å². The molecule has 102 valence electrons. The van der Waals surface area contributed by atoms with Gasteiger partial charge in [0.1, 0.15) is 0 Å². The van der Waals surface area contributed by atoms with Gasteiger partial charge in [-0.05, 0) is 36.6 Å². The standard InChI is InChI=1S/C15H23F2N/c1-4-9-18-15(11(5-2)6-3)12-7-8-13(16)14(17)10-12/h7-8,10-11,15,18H,4-6,9H2,1-3H3. The summed E-state index contributed by atoms with van der Waals surface area (Å²) in [6.07, 6.45) is 3.08. The van der Waals surface area contributed by atoms with Gasteiger partial charge in [-0.1, -0.05) is 39.7 Å². The topological polar surface area (TPSA) is 12.0 Å². The number of hydrogen-bond donors (Lipinski definition) is 1. The van der Waals surface area contributed by atoms with Gasteiger partial charge in [-0.25, -0.2) is 8.78 Å². The summed E-state index contributed by atoms with van der Waals surface area (Å²) in [7, 11) is 0. The first-order valence-corrected chi connectivity index (χ1v) is 6.82. The van der Waals surface area contributed by atoms with Crippen molar-refractivity contribution in [2.45, 2.75) is 46.1 Å². The summed E-state index contributed by atoms with van der Waals surface area (Å²) in [5, 5.41) is 3.45. The molecule has 0 aliphatic heterocycles. The van der Waals surface area contributed by atoms with E-state index in [2.05, 4.69) is 26.1 Å². The molecule has 1 unspecified atom stereocenters. The molecule has 0 amide bonds. The van der Waals surface area contributed by atoms with Gasteiger partial charge in [0.25, 0.3) is 0 Å². The maximum absolute atomic E-state index is 13.3. The second-order valence-electron chi connectivity index (χ2n) is 4.68. The molecule has 0 aromatic heterocycles. The predicted molar refractivity (Wildman–Crippen MR) is 71.5 cm³/mol. The minimum absolute atomic E-state index is 0.107. The van der Waals surface area contributed by atoms with Gasteiger partial charge < -0.3 is 5.32 Å². The van der Waals surface area contributed by atoms with Crippen molar-refractivity contribution < 1.29 is 8.78 Å². The SMILES string of the molecule is CCCNC(c1ccc(F)c(F)c1)C(CC)CC. The quantitative estimate of drug-likeness (QED) is 0.759. The fourth-order valence-electron chi connectivity index (χ4n) is 2.32. The molecule has 0 bridgehead atoms. The van der Waals surface area contributed by atoms with Gasteiger partial charge >= 0.3 is 0 Å². The van der Waals surface area contributed by atoms with E-state index in [0.717, 1.165) is 31.4 Å². The lowest BCUT2D eigenvalue weighted by Crippen LogP contribution is -2.28. The minimum Gasteiger partial charge on any atom is -0.310 e. The summed E-state index contributed by atoms with van der Waals surface area (Å²) in [4.78, 5) is 0. The molecule has 0 aliphatic carbocycles. The van der Waals surface area contributed by atoms with Crippen molar-refractivity contribution in [1.82, 2.24) is 5.32 Å². The molecule has 0 spiro atoms. The van der Waals surface area contributed by atoms with E-state index in [1.54, 1.807) is 6.07 Å². The zero-order valence-electron chi connectivity index (χ0n) is 11.5. The van der Waals surface area contributed by atoms with Crippen molar-refractivity contribution in [3.63, 3.8) is 0 Å². The van der Waals surface area contributed by atoms with Gasteiger partial charge in [-0.3, -0.25) is 0 Å². The van der Waals surface area contributed by atoms with Crippen molar-refractivity contribution in [2.75, 3.05) is 6.54 Å². The third-order valence-corrected chi connectivity index (χ3v) is 3.44. The van der Waals surface area contributed by atoms with E-state index in [1.807, 2.05) is 0 Å². The van der Waals surface area contributed by atoms with Gasteiger partial charge in [-0.2, -0.15) is 0 Å². The fraction of sp³-hybridized carbons (Fsp3) is 0.600. The van der Waals surface area contributed by atoms with Crippen molar-refractivity contribution in [3.05, 3.63) is 35.4 Å². The maximum Gasteiger partial charge on any atom is 0.159 e. The Hall–Kier alpha value is -0.960. The van der Waals surface area contributed by atoms with Crippen molar-refractivity contribution in [2.24, 2.45) is 5.92 Å². The van der Waals surface area contributed by atoms with Gasteiger partial charge in [0.15, 0.2) is 11.6 Å².